The van der Waals surface area contributed by atoms with E-state index >= 15 is 0 Å². The number of nitrogens with zero attached hydrogens (tertiary/aromatic N) is 4. The minimum Gasteiger partial charge on any atom is -0.491 e. The Kier molecular flexibility index (Phi) is 8.00. The number of aromatic nitrogens is 3. The summed E-state index contributed by atoms with van der Waals surface area (Å²) in [7, 11) is 0. The molecule has 31 heavy (non-hydrogen) atoms. The van der Waals surface area contributed by atoms with Gasteiger partial charge >= 0.3 is 0 Å². The highest BCUT2D eigenvalue weighted by Crippen LogP contribution is 2.18. The van der Waals surface area contributed by atoms with Crippen LogP contribution in [0.5, 0.6) is 5.75 Å². The first-order valence-corrected chi connectivity index (χ1v) is 10.4. The molecule has 0 saturated carbocycles. The van der Waals surface area contributed by atoms with E-state index in [4.69, 9.17) is 4.74 Å². The van der Waals surface area contributed by atoms with Crippen LogP contribution in [0.15, 0.2) is 66.3 Å². The molecule has 1 unspecified atom stereocenters. The minimum atomic E-state index is -0.661. The molecule has 0 fully saturated rings. The van der Waals surface area contributed by atoms with Crippen LogP contribution < -0.4 is 15.4 Å². The predicted octanol–water partition coefficient (Wildman–Crippen LogP) is 2.84. The Bertz CT molecular complexity index is 954. The fourth-order valence-electron chi connectivity index (χ4n) is 2.96. The van der Waals surface area contributed by atoms with E-state index in [1.165, 1.54) is 0 Å². The van der Waals surface area contributed by atoms with Gasteiger partial charge in [0.25, 0.3) is 0 Å². The first kappa shape index (κ1) is 22.3. The first-order chi connectivity index (χ1) is 15.0. The van der Waals surface area contributed by atoms with Gasteiger partial charge in [-0.2, -0.15) is 0 Å². The van der Waals surface area contributed by atoms with Gasteiger partial charge in [0.05, 0.1) is 18.8 Å². The molecule has 2 heterocycles. The fraction of sp³-hybridized carbons (Fsp3) is 0.348. The molecule has 0 aliphatic carbocycles. The third kappa shape index (κ3) is 6.82. The van der Waals surface area contributed by atoms with Crippen molar-refractivity contribution in [3.63, 3.8) is 0 Å². The molecule has 164 valence electrons. The van der Waals surface area contributed by atoms with Gasteiger partial charge in [0.15, 0.2) is 5.96 Å². The van der Waals surface area contributed by atoms with Gasteiger partial charge in [0, 0.05) is 31.7 Å². The second kappa shape index (κ2) is 11.1. The zero-order valence-electron chi connectivity index (χ0n) is 18.2. The van der Waals surface area contributed by atoms with Crippen LogP contribution in [0.2, 0.25) is 0 Å². The highest BCUT2D eigenvalue weighted by Gasteiger charge is 2.09. The summed E-state index contributed by atoms with van der Waals surface area (Å²) >= 11 is 0. The topological polar surface area (TPSA) is 96.6 Å². The maximum absolute atomic E-state index is 10.5. The van der Waals surface area contributed by atoms with Gasteiger partial charge in [-0.15, -0.1) is 0 Å². The molecule has 1 atom stereocenters. The second-order valence-corrected chi connectivity index (χ2v) is 7.32. The van der Waals surface area contributed by atoms with Gasteiger partial charge in [0.1, 0.15) is 17.9 Å². The summed E-state index contributed by atoms with van der Waals surface area (Å²) in [6, 6.07) is 11.4. The number of guanidine groups is 1. The maximum atomic E-state index is 10.5. The standard InChI is InChI=1S/C23H30N6O2/c1-4-25-23(27-14-18-9-10-26-22(13-18)29-12-11-24-16-29)28-15-21(30)19-5-7-20(8-6-19)31-17(2)3/h5-13,16-17,21,30H,4,14-15H2,1-3H3,(H2,25,27,28). The van der Waals surface area contributed by atoms with Gasteiger partial charge in [0.2, 0.25) is 0 Å². The Morgan fingerprint density at radius 1 is 1.16 bits per heavy atom. The number of benzene rings is 1. The zero-order chi connectivity index (χ0) is 22.1. The Labute approximate surface area is 183 Å². The number of nitrogens with one attached hydrogen (secondary N) is 2. The van der Waals surface area contributed by atoms with Gasteiger partial charge in [-0.05, 0) is 56.2 Å². The van der Waals surface area contributed by atoms with E-state index in [1.54, 1.807) is 18.7 Å². The largest absolute Gasteiger partial charge is 0.491 e. The Hall–Kier alpha value is -3.39. The van der Waals surface area contributed by atoms with E-state index in [0.717, 1.165) is 29.2 Å². The minimum absolute atomic E-state index is 0.118. The number of pyridine rings is 1. The lowest BCUT2D eigenvalue weighted by Crippen LogP contribution is -2.39. The number of ether oxygens (including phenoxy) is 1. The third-order valence-corrected chi connectivity index (χ3v) is 4.44. The fourth-order valence-corrected chi connectivity index (χ4v) is 2.96. The lowest BCUT2D eigenvalue weighted by atomic mass is 10.1. The predicted molar refractivity (Wildman–Crippen MR) is 121 cm³/mol. The summed E-state index contributed by atoms with van der Waals surface area (Å²) in [5.74, 6) is 2.23. The third-order valence-electron chi connectivity index (χ3n) is 4.44. The Morgan fingerprint density at radius 3 is 2.65 bits per heavy atom. The summed E-state index contributed by atoms with van der Waals surface area (Å²) in [6.07, 6.45) is 6.50. The summed E-state index contributed by atoms with van der Waals surface area (Å²) in [5.41, 5.74) is 1.84. The smallest absolute Gasteiger partial charge is 0.191 e. The normalized spacial score (nSPS) is 12.6. The quantitative estimate of drug-likeness (QED) is 0.362. The van der Waals surface area contributed by atoms with Crippen molar-refractivity contribution in [2.45, 2.75) is 39.5 Å². The molecule has 8 nitrogen and oxygen atoms in total. The number of aliphatic imine (C=N–C) groups is 1. The zero-order valence-corrected chi connectivity index (χ0v) is 18.2. The molecule has 8 heteroatoms. The molecular weight excluding hydrogens is 392 g/mol. The number of imidazole rings is 1. The lowest BCUT2D eigenvalue weighted by Gasteiger charge is -2.16. The molecule has 3 rings (SSSR count). The highest BCUT2D eigenvalue weighted by molar-refractivity contribution is 5.79. The van der Waals surface area contributed by atoms with Crippen molar-refractivity contribution in [2.75, 3.05) is 13.1 Å². The molecule has 0 radical (unpaired) electrons. The van der Waals surface area contributed by atoms with Crippen molar-refractivity contribution >= 4 is 5.96 Å². The first-order valence-electron chi connectivity index (χ1n) is 10.4. The molecule has 2 aromatic heterocycles. The van der Waals surface area contributed by atoms with Gasteiger partial charge in [-0.25, -0.2) is 15.0 Å². The van der Waals surface area contributed by atoms with E-state index in [2.05, 4.69) is 25.6 Å². The van der Waals surface area contributed by atoms with Crippen LogP contribution in [-0.4, -0.2) is 44.8 Å². The van der Waals surface area contributed by atoms with E-state index in [-0.39, 0.29) is 6.10 Å². The van der Waals surface area contributed by atoms with Crippen LogP contribution in [0.3, 0.4) is 0 Å². The highest BCUT2D eigenvalue weighted by atomic mass is 16.5. The molecule has 0 amide bonds. The summed E-state index contributed by atoms with van der Waals surface area (Å²) in [6.45, 7) is 7.52. The number of aliphatic hydroxyl groups excluding tert-OH is 1. The van der Waals surface area contributed by atoms with E-state index < -0.39 is 6.10 Å². The summed E-state index contributed by atoms with van der Waals surface area (Å²) in [5, 5.41) is 16.9. The molecule has 0 saturated heterocycles. The Balaban J connectivity index is 1.59. The van der Waals surface area contributed by atoms with Crippen LogP contribution in [0.25, 0.3) is 5.82 Å². The summed E-state index contributed by atoms with van der Waals surface area (Å²) < 4.78 is 7.50. The van der Waals surface area contributed by atoms with Crippen molar-refractivity contribution in [3.05, 3.63) is 72.4 Å². The lowest BCUT2D eigenvalue weighted by molar-refractivity contribution is 0.180. The van der Waals surface area contributed by atoms with E-state index in [9.17, 15) is 5.11 Å². The van der Waals surface area contributed by atoms with E-state index in [1.807, 2.05) is 67.9 Å². The molecule has 0 spiro atoms. The van der Waals surface area contributed by atoms with Crippen LogP contribution in [0.1, 0.15) is 38.0 Å². The molecule has 0 aliphatic heterocycles. The average Bonchev–Trinajstić information content (AvgIpc) is 3.31. The van der Waals surface area contributed by atoms with E-state index in [0.29, 0.717) is 19.0 Å². The number of rotatable bonds is 9. The maximum Gasteiger partial charge on any atom is 0.191 e. The van der Waals surface area contributed by atoms with Crippen molar-refractivity contribution in [1.82, 2.24) is 25.2 Å². The number of aliphatic hydroxyl groups is 1. The van der Waals surface area contributed by atoms with Crippen LogP contribution in [0.4, 0.5) is 0 Å². The van der Waals surface area contributed by atoms with Crippen LogP contribution in [-0.2, 0) is 6.54 Å². The molecule has 1 aromatic carbocycles. The number of hydrogen-bond donors (Lipinski definition) is 3. The van der Waals surface area contributed by atoms with Crippen molar-refractivity contribution in [2.24, 2.45) is 4.99 Å². The molecule has 0 aliphatic rings. The molecule has 3 N–H and O–H groups in total. The van der Waals surface area contributed by atoms with Crippen molar-refractivity contribution in [1.29, 1.82) is 0 Å². The molecular formula is C23H30N6O2. The van der Waals surface area contributed by atoms with Gasteiger partial charge in [-0.3, -0.25) is 4.57 Å². The Morgan fingerprint density at radius 2 is 1.97 bits per heavy atom. The number of hydrogen-bond acceptors (Lipinski definition) is 5. The SMILES string of the molecule is CCNC(=NCc1ccnc(-n2ccnc2)c1)NCC(O)c1ccc(OC(C)C)cc1. The van der Waals surface area contributed by atoms with Crippen molar-refractivity contribution < 1.29 is 9.84 Å². The molecule has 3 aromatic rings. The van der Waals surface area contributed by atoms with Gasteiger partial charge in [-0.1, -0.05) is 12.1 Å². The van der Waals surface area contributed by atoms with Crippen LogP contribution in [0, 0.1) is 0 Å². The van der Waals surface area contributed by atoms with Crippen LogP contribution >= 0.6 is 0 Å². The average molecular weight is 423 g/mol. The van der Waals surface area contributed by atoms with Gasteiger partial charge < -0.3 is 20.5 Å². The molecule has 0 bridgehead atoms. The monoisotopic (exact) mass is 422 g/mol. The van der Waals surface area contributed by atoms with Crippen molar-refractivity contribution in [3.8, 4) is 11.6 Å². The second-order valence-electron chi connectivity index (χ2n) is 7.32. The summed E-state index contributed by atoms with van der Waals surface area (Å²) in [4.78, 5) is 13.0.